The normalized spacial score (nSPS) is 10.6. The fourth-order valence-corrected chi connectivity index (χ4v) is 1.60. The highest BCUT2D eigenvalue weighted by molar-refractivity contribution is 5.63. The fourth-order valence-electron chi connectivity index (χ4n) is 1.60. The van der Waals surface area contributed by atoms with Gasteiger partial charge in [-0.05, 0) is 19.1 Å². The molecule has 6 heteroatoms. The first kappa shape index (κ1) is 13.5. The molecule has 2 aromatic rings. The van der Waals surface area contributed by atoms with Crippen LogP contribution in [0.2, 0.25) is 0 Å². The second kappa shape index (κ2) is 6.86. The van der Waals surface area contributed by atoms with Crippen LogP contribution in [0.3, 0.4) is 0 Å². The summed E-state index contributed by atoms with van der Waals surface area (Å²) in [6, 6.07) is 7.57. The van der Waals surface area contributed by atoms with Crippen LogP contribution in [-0.4, -0.2) is 29.9 Å². The fraction of sp³-hybridized carbons (Fsp3) is 0.385. The van der Waals surface area contributed by atoms with Gasteiger partial charge in [-0.25, -0.2) is 0 Å². The third kappa shape index (κ3) is 3.52. The quantitative estimate of drug-likeness (QED) is 0.764. The number of para-hydroxylation sites is 1. The van der Waals surface area contributed by atoms with Gasteiger partial charge >= 0.3 is 0 Å². The number of rotatable bonds is 7. The molecule has 19 heavy (non-hydrogen) atoms. The molecule has 0 aliphatic heterocycles. The van der Waals surface area contributed by atoms with Crippen molar-refractivity contribution in [3.05, 3.63) is 30.2 Å². The van der Waals surface area contributed by atoms with Gasteiger partial charge < -0.3 is 19.7 Å². The van der Waals surface area contributed by atoms with Crippen LogP contribution in [0.25, 0.3) is 11.4 Å². The highest BCUT2D eigenvalue weighted by Crippen LogP contribution is 2.27. The zero-order chi connectivity index (χ0) is 13.5. The molecule has 0 unspecified atom stereocenters. The maximum Gasteiger partial charge on any atom is 0.252 e. The van der Waals surface area contributed by atoms with Crippen LogP contribution in [0.15, 0.2) is 28.8 Å². The second-order valence-electron chi connectivity index (χ2n) is 3.78. The number of benzene rings is 1. The Balaban J connectivity index is 2.13. The summed E-state index contributed by atoms with van der Waals surface area (Å²) in [6.45, 7) is 3.71. The first-order chi connectivity index (χ1) is 9.35. The van der Waals surface area contributed by atoms with Crippen molar-refractivity contribution >= 4 is 0 Å². The Bertz CT molecular complexity index is 513. The van der Waals surface area contributed by atoms with Crippen LogP contribution in [-0.2, 0) is 11.3 Å². The van der Waals surface area contributed by atoms with E-state index in [1.165, 1.54) is 0 Å². The van der Waals surface area contributed by atoms with Crippen molar-refractivity contribution in [2.24, 2.45) is 5.73 Å². The largest absolute Gasteiger partial charge is 0.493 e. The SMILES string of the molecule is CCOc1ccccc1-c1noc(COCCN)n1. The van der Waals surface area contributed by atoms with E-state index >= 15 is 0 Å². The van der Waals surface area contributed by atoms with E-state index in [0.717, 1.165) is 11.3 Å². The summed E-state index contributed by atoms with van der Waals surface area (Å²) in [7, 11) is 0. The molecule has 0 amide bonds. The summed E-state index contributed by atoms with van der Waals surface area (Å²) in [5, 5.41) is 3.93. The first-order valence-corrected chi connectivity index (χ1v) is 6.17. The zero-order valence-corrected chi connectivity index (χ0v) is 10.8. The highest BCUT2D eigenvalue weighted by Gasteiger charge is 2.12. The molecular formula is C13H17N3O3. The number of hydrogen-bond donors (Lipinski definition) is 1. The molecule has 0 radical (unpaired) electrons. The predicted molar refractivity (Wildman–Crippen MR) is 69.6 cm³/mol. The molecular weight excluding hydrogens is 246 g/mol. The van der Waals surface area contributed by atoms with Crippen LogP contribution < -0.4 is 10.5 Å². The molecule has 0 spiro atoms. The van der Waals surface area contributed by atoms with Gasteiger partial charge in [0.1, 0.15) is 12.4 Å². The first-order valence-electron chi connectivity index (χ1n) is 6.17. The standard InChI is InChI=1S/C13H17N3O3/c1-2-18-11-6-4-3-5-10(11)13-15-12(19-16-13)9-17-8-7-14/h3-6H,2,7-9,14H2,1H3. The summed E-state index contributed by atoms with van der Waals surface area (Å²) >= 11 is 0. The monoisotopic (exact) mass is 263 g/mol. The van der Waals surface area contributed by atoms with E-state index in [0.29, 0.717) is 31.5 Å². The number of aromatic nitrogens is 2. The van der Waals surface area contributed by atoms with E-state index in [1.807, 2.05) is 31.2 Å². The highest BCUT2D eigenvalue weighted by atomic mass is 16.5. The lowest BCUT2D eigenvalue weighted by atomic mass is 10.2. The van der Waals surface area contributed by atoms with Crippen LogP contribution in [0.1, 0.15) is 12.8 Å². The maximum absolute atomic E-state index is 5.53. The van der Waals surface area contributed by atoms with E-state index in [4.69, 9.17) is 19.7 Å². The molecule has 1 aromatic carbocycles. The minimum Gasteiger partial charge on any atom is -0.493 e. The summed E-state index contributed by atoms with van der Waals surface area (Å²) < 4.78 is 15.9. The molecule has 102 valence electrons. The number of nitrogens with two attached hydrogens (primary N) is 1. The van der Waals surface area contributed by atoms with Gasteiger partial charge in [0, 0.05) is 6.54 Å². The Morgan fingerprint density at radius 2 is 2.16 bits per heavy atom. The van der Waals surface area contributed by atoms with Crippen LogP contribution >= 0.6 is 0 Å². The van der Waals surface area contributed by atoms with Gasteiger partial charge in [-0.15, -0.1) is 0 Å². The molecule has 0 aliphatic carbocycles. The summed E-state index contributed by atoms with van der Waals surface area (Å²) in [5.41, 5.74) is 6.14. The predicted octanol–water partition coefficient (Wildman–Crippen LogP) is 1.61. The van der Waals surface area contributed by atoms with E-state index < -0.39 is 0 Å². The van der Waals surface area contributed by atoms with Gasteiger partial charge in [0.25, 0.3) is 5.89 Å². The molecule has 2 rings (SSSR count). The Morgan fingerprint density at radius 1 is 1.32 bits per heavy atom. The van der Waals surface area contributed by atoms with E-state index in [9.17, 15) is 0 Å². The number of ether oxygens (including phenoxy) is 2. The molecule has 1 heterocycles. The van der Waals surface area contributed by atoms with Crippen molar-refractivity contribution in [2.75, 3.05) is 19.8 Å². The zero-order valence-electron chi connectivity index (χ0n) is 10.8. The number of hydrogen-bond acceptors (Lipinski definition) is 6. The molecule has 0 atom stereocenters. The molecule has 0 fully saturated rings. The Hall–Kier alpha value is -1.92. The molecule has 6 nitrogen and oxygen atoms in total. The van der Waals surface area contributed by atoms with Gasteiger partial charge in [0.05, 0.1) is 18.8 Å². The van der Waals surface area contributed by atoms with Crippen LogP contribution in [0.5, 0.6) is 5.75 Å². The van der Waals surface area contributed by atoms with Crippen molar-refractivity contribution in [1.82, 2.24) is 10.1 Å². The third-order valence-corrected chi connectivity index (χ3v) is 2.38. The summed E-state index contributed by atoms with van der Waals surface area (Å²) in [5.74, 6) is 1.66. The Kier molecular flexibility index (Phi) is 4.88. The van der Waals surface area contributed by atoms with E-state index in [-0.39, 0.29) is 6.61 Å². The van der Waals surface area contributed by atoms with Gasteiger partial charge in [0.15, 0.2) is 0 Å². The van der Waals surface area contributed by atoms with Crippen molar-refractivity contribution < 1.29 is 14.0 Å². The lowest BCUT2D eigenvalue weighted by molar-refractivity contribution is 0.104. The lowest BCUT2D eigenvalue weighted by Gasteiger charge is -2.05. The van der Waals surface area contributed by atoms with Gasteiger partial charge in [0.2, 0.25) is 5.82 Å². The Morgan fingerprint density at radius 3 is 2.95 bits per heavy atom. The van der Waals surface area contributed by atoms with Gasteiger partial charge in [-0.2, -0.15) is 4.98 Å². The van der Waals surface area contributed by atoms with E-state index in [1.54, 1.807) is 0 Å². The van der Waals surface area contributed by atoms with Crippen LogP contribution in [0.4, 0.5) is 0 Å². The number of nitrogens with zero attached hydrogens (tertiary/aromatic N) is 2. The maximum atomic E-state index is 5.53. The molecule has 0 saturated heterocycles. The average Bonchev–Trinajstić information content (AvgIpc) is 2.89. The average molecular weight is 263 g/mol. The van der Waals surface area contributed by atoms with Crippen LogP contribution in [0, 0.1) is 0 Å². The Labute approximate surface area is 111 Å². The van der Waals surface area contributed by atoms with Crippen molar-refractivity contribution in [1.29, 1.82) is 0 Å². The third-order valence-electron chi connectivity index (χ3n) is 2.38. The summed E-state index contributed by atoms with van der Waals surface area (Å²) in [6.07, 6.45) is 0. The van der Waals surface area contributed by atoms with Crippen molar-refractivity contribution in [3.8, 4) is 17.1 Å². The van der Waals surface area contributed by atoms with E-state index in [2.05, 4.69) is 10.1 Å². The molecule has 2 N–H and O–H groups in total. The molecule has 0 bridgehead atoms. The van der Waals surface area contributed by atoms with Gasteiger partial charge in [-0.3, -0.25) is 0 Å². The second-order valence-corrected chi connectivity index (χ2v) is 3.78. The van der Waals surface area contributed by atoms with Gasteiger partial charge in [-0.1, -0.05) is 17.3 Å². The topological polar surface area (TPSA) is 83.4 Å². The smallest absolute Gasteiger partial charge is 0.252 e. The van der Waals surface area contributed by atoms with Crippen molar-refractivity contribution in [3.63, 3.8) is 0 Å². The minimum absolute atomic E-state index is 0.265. The summed E-state index contributed by atoms with van der Waals surface area (Å²) in [4.78, 5) is 4.27. The minimum atomic E-state index is 0.265. The lowest BCUT2D eigenvalue weighted by Crippen LogP contribution is -2.08. The molecule has 0 aliphatic rings. The van der Waals surface area contributed by atoms with Crippen molar-refractivity contribution in [2.45, 2.75) is 13.5 Å². The molecule has 1 aromatic heterocycles. The molecule has 0 saturated carbocycles.